The second kappa shape index (κ2) is 5.18. The molecule has 8 heteroatoms. The van der Waals surface area contributed by atoms with Crippen molar-refractivity contribution >= 4 is 18.5 Å². The highest BCUT2D eigenvalue weighted by Gasteiger charge is 2.51. The molecule has 1 saturated heterocycles. The van der Waals surface area contributed by atoms with Gasteiger partial charge in [-0.1, -0.05) is 24.3 Å². The van der Waals surface area contributed by atoms with Gasteiger partial charge in [0.05, 0.1) is 11.2 Å². The fraction of sp³-hybridized carbons (Fsp3) is 0.400. The maximum atomic E-state index is 11.1. The van der Waals surface area contributed by atoms with Crippen LogP contribution in [0.2, 0.25) is 0 Å². The molecule has 3 N–H and O–H groups in total. The molecule has 120 valence electrons. The lowest BCUT2D eigenvalue weighted by Crippen LogP contribution is -2.41. The second-order valence-electron chi connectivity index (χ2n) is 6.59. The zero-order valence-electron chi connectivity index (χ0n) is 13.6. The standard InChI is InChI=1S/C15H19BN4O3/c1-14(2)15(3,4)23-16(22-14)10-7-5-6-9(8-10)12-18-13(11(17)21)20-19-12/h5-8H,1-4H3,(H2,17,21)(H,18,19,20). The maximum Gasteiger partial charge on any atom is 0.494 e. The minimum atomic E-state index is -0.647. The summed E-state index contributed by atoms with van der Waals surface area (Å²) in [5, 5.41) is 6.53. The number of nitrogens with two attached hydrogens (primary N) is 1. The molecule has 1 fully saturated rings. The second-order valence-corrected chi connectivity index (χ2v) is 6.59. The number of rotatable bonds is 3. The highest BCUT2D eigenvalue weighted by atomic mass is 16.7. The first-order chi connectivity index (χ1) is 10.7. The van der Waals surface area contributed by atoms with E-state index in [0.29, 0.717) is 5.82 Å². The van der Waals surface area contributed by atoms with Crippen LogP contribution in [0.4, 0.5) is 0 Å². The number of nitrogens with one attached hydrogen (secondary N) is 1. The number of carbonyl (C=O) groups excluding carboxylic acids is 1. The van der Waals surface area contributed by atoms with E-state index >= 15 is 0 Å². The Labute approximate surface area is 134 Å². The van der Waals surface area contributed by atoms with Crippen molar-refractivity contribution in [3.05, 3.63) is 30.1 Å². The van der Waals surface area contributed by atoms with Crippen molar-refractivity contribution < 1.29 is 14.1 Å². The van der Waals surface area contributed by atoms with E-state index in [1.807, 2.05) is 52.0 Å². The third-order valence-corrected chi connectivity index (χ3v) is 4.39. The van der Waals surface area contributed by atoms with E-state index in [2.05, 4.69) is 15.2 Å². The van der Waals surface area contributed by atoms with Crippen LogP contribution in [0.25, 0.3) is 11.4 Å². The van der Waals surface area contributed by atoms with Gasteiger partial charge >= 0.3 is 7.12 Å². The van der Waals surface area contributed by atoms with Gasteiger partial charge in [0, 0.05) is 5.56 Å². The molecule has 2 heterocycles. The van der Waals surface area contributed by atoms with Crippen molar-refractivity contribution in [3.63, 3.8) is 0 Å². The number of aromatic nitrogens is 3. The molecular weight excluding hydrogens is 295 g/mol. The van der Waals surface area contributed by atoms with Crippen LogP contribution in [0.15, 0.2) is 24.3 Å². The van der Waals surface area contributed by atoms with Gasteiger partial charge in [0.1, 0.15) is 0 Å². The van der Waals surface area contributed by atoms with Crippen LogP contribution in [0, 0.1) is 0 Å². The minimum Gasteiger partial charge on any atom is -0.399 e. The zero-order valence-corrected chi connectivity index (χ0v) is 13.6. The number of aromatic amines is 1. The van der Waals surface area contributed by atoms with Gasteiger partial charge < -0.3 is 15.0 Å². The van der Waals surface area contributed by atoms with Crippen molar-refractivity contribution in [2.24, 2.45) is 5.73 Å². The van der Waals surface area contributed by atoms with Gasteiger partial charge in [-0.2, -0.15) is 5.10 Å². The van der Waals surface area contributed by atoms with E-state index in [0.717, 1.165) is 11.0 Å². The smallest absolute Gasteiger partial charge is 0.399 e. The van der Waals surface area contributed by atoms with Gasteiger partial charge in [-0.05, 0) is 33.2 Å². The van der Waals surface area contributed by atoms with Gasteiger partial charge in [0.2, 0.25) is 5.82 Å². The molecular formula is C15H19BN4O3. The number of hydrogen-bond acceptors (Lipinski definition) is 5. The third kappa shape index (κ3) is 2.75. The van der Waals surface area contributed by atoms with Crippen molar-refractivity contribution in [3.8, 4) is 11.4 Å². The highest BCUT2D eigenvalue weighted by molar-refractivity contribution is 6.62. The Morgan fingerprint density at radius 1 is 1.22 bits per heavy atom. The molecule has 1 amide bonds. The van der Waals surface area contributed by atoms with E-state index in [9.17, 15) is 4.79 Å². The molecule has 1 aliphatic heterocycles. The molecule has 1 aromatic carbocycles. The van der Waals surface area contributed by atoms with E-state index in [1.165, 1.54) is 0 Å². The van der Waals surface area contributed by atoms with Crippen LogP contribution in [0.1, 0.15) is 38.3 Å². The fourth-order valence-electron chi connectivity index (χ4n) is 2.30. The Morgan fingerprint density at radius 3 is 2.43 bits per heavy atom. The number of hydrogen-bond donors (Lipinski definition) is 2. The number of primary amides is 1. The lowest BCUT2D eigenvalue weighted by atomic mass is 9.78. The lowest BCUT2D eigenvalue weighted by Gasteiger charge is -2.32. The van der Waals surface area contributed by atoms with Gasteiger partial charge in [-0.15, -0.1) is 0 Å². The molecule has 0 radical (unpaired) electrons. The first-order valence-electron chi connectivity index (χ1n) is 7.38. The van der Waals surface area contributed by atoms with Crippen molar-refractivity contribution in [1.29, 1.82) is 0 Å². The number of nitrogens with zero attached hydrogens (tertiary/aromatic N) is 2. The summed E-state index contributed by atoms with van der Waals surface area (Å²) in [6, 6.07) is 7.53. The molecule has 7 nitrogen and oxygen atoms in total. The first-order valence-corrected chi connectivity index (χ1v) is 7.38. The van der Waals surface area contributed by atoms with Crippen LogP contribution < -0.4 is 11.2 Å². The van der Waals surface area contributed by atoms with Crippen LogP contribution >= 0.6 is 0 Å². The maximum absolute atomic E-state index is 11.1. The predicted molar refractivity (Wildman–Crippen MR) is 86.1 cm³/mol. The summed E-state index contributed by atoms with van der Waals surface area (Å²) < 4.78 is 12.1. The third-order valence-electron chi connectivity index (χ3n) is 4.39. The normalized spacial score (nSPS) is 19.0. The van der Waals surface area contributed by atoms with E-state index in [1.54, 1.807) is 0 Å². The summed E-state index contributed by atoms with van der Waals surface area (Å²) >= 11 is 0. The molecule has 0 aliphatic carbocycles. The molecule has 0 saturated carbocycles. The molecule has 23 heavy (non-hydrogen) atoms. The van der Waals surface area contributed by atoms with E-state index < -0.39 is 24.2 Å². The molecule has 0 spiro atoms. The monoisotopic (exact) mass is 314 g/mol. The Kier molecular flexibility index (Phi) is 3.53. The van der Waals surface area contributed by atoms with E-state index in [-0.39, 0.29) is 5.82 Å². The summed E-state index contributed by atoms with van der Waals surface area (Å²) in [6.07, 6.45) is 0. The quantitative estimate of drug-likeness (QED) is 0.818. The van der Waals surface area contributed by atoms with Gasteiger partial charge in [-0.25, -0.2) is 4.98 Å². The molecule has 0 unspecified atom stereocenters. The van der Waals surface area contributed by atoms with Crippen LogP contribution in [-0.4, -0.2) is 39.4 Å². The summed E-state index contributed by atoms with van der Waals surface area (Å²) in [4.78, 5) is 15.2. The number of H-pyrrole nitrogens is 1. The largest absolute Gasteiger partial charge is 0.494 e. The summed E-state index contributed by atoms with van der Waals surface area (Å²) in [5.41, 5.74) is 5.99. The average molecular weight is 314 g/mol. The first kappa shape index (κ1) is 15.7. The van der Waals surface area contributed by atoms with Gasteiger partial charge in [-0.3, -0.25) is 9.89 Å². The molecule has 2 aromatic rings. The summed E-state index contributed by atoms with van der Waals surface area (Å²) in [7, 11) is -0.463. The highest BCUT2D eigenvalue weighted by Crippen LogP contribution is 2.36. The Morgan fingerprint density at radius 2 is 1.87 bits per heavy atom. The number of amides is 1. The molecule has 3 rings (SSSR count). The predicted octanol–water partition coefficient (Wildman–Crippen LogP) is 0.870. The zero-order chi connectivity index (χ0) is 16.8. The molecule has 1 aromatic heterocycles. The Balaban J connectivity index is 1.90. The Bertz CT molecular complexity index is 741. The van der Waals surface area contributed by atoms with E-state index in [4.69, 9.17) is 15.0 Å². The Hall–Kier alpha value is -2.19. The van der Waals surface area contributed by atoms with Crippen LogP contribution in [0.3, 0.4) is 0 Å². The molecule has 0 atom stereocenters. The van der Waals surface area contributed by atoms with Gasteiger partial charge in [0.15, 0.2) is 5.82 Å². The van der Waals surface area contributed by atoms with Gasteiger partial charge in [0.25, 0.3) is 5.91 Å². The summed E-state index contributed by atoms with van der Waals surface area (Å²) in [5.74, 6) is -0.218. The minimum absolute atomic E-state index is 0.0287. The average Bonchev–Trinajstić information content (AvgIpc) is 3.03. The lowest BCUT2D eigenvalue weighted by molar-refractivity contribution is 0.00578. The van der Waals surface area contributed by atoms with Crippen molar-refractivity contribution in [2.75, 3.05) is 0 Å². The fourth-order valence-corrected chi connectivity index (χ4v) is 2.30. The topological polar surface area (TPSA) is 103 Å². The summed E-state index contributed by atoms with van der Waals surface area (Å²) in [6.45, 7) is 8.02. The number of benzene rings is 1. The van der Waals surface area contributed by atoms with Crippen LogP contribution in [-0.2, 0) is 9.31 Å². The SMILES string of the molecule is CC1(C)OB(c2cccc(-c3n[nH]c(C(N)=O)n3)c2)OC1(C)C. The van der Waals surface area contributed by atoms with Crippen molar-refractivity contribution in [2.45, 2.75) is 38.9 Å². The van der Waals surface area contributed by atoms with Crippen LogP contribution in [0.5, 0.6) is 0 Å². The molecule has 1 aliphatic rings. The molecule has 0 bridgehead atoms. The number of carbonyl (C=O) groups is 1. The van der Waals surface area contributed by atoms with Crippen molar-refractivity contribution in [1.82, 2.24) is 15.2 Å².